The van der Waals surface area contributed by atoms with Crippen molar-refractivity contribution in [3.8, 4) is 0 Å². The lowest BCUT2D eigenvalue weighted by atomic mass is 10.1. The minimum Gasteiger partial charge on any atom is -0.346 e. The Morgan fingerprint density at radius 1 is 1.25 bits per heavy atom. The average Bonchev–Trinajstić information content (AvgIpc) is 2.92. The maximum Gasteiger partial charge on any atom is 0.246 e. The molecular weight excluding hydrogens is 449 g/mol. The Kier molecular flexibility index (Phi) is 7.23. The number of nitrogens with one attached hydrogen (secondary N) is 1. The molecule has 7 nitrogen and oxygen atoms in total. The fourth-order valence-electron chi connectivity index (χ4n) is 3.76. The van der Waals surface area contributed by atoms with Crippen LogP contribution in [0.3, 0.4) is 0 Å². The van der Waals surface area contributed by atoms with Crippen LogP contribution in [-0.4, -0.2) is 51.8 Å². The van der Waals surface area contributed by atoms with Crippen molar-refractivity contribution >= 4 is 58.6 Å². The second-order valence-corrected chi connectivity index (χ2v) is 8.36. The average molecular weight is 474 g/mol. The Morgan fingerprint density at radius 2 is 2.03 bits per heavy atom. The smallest absolute Gasteiger partial charge is 0.246 e. The zero-order chi connectivity index (χ0) is 22.1. The number of hydrogen-bond donors (Lipinski definition) is 1. The molecule has 2 aromatic heterocycles. The highest BCUT2D eigenvalue weighted by atomic mass is 35.5. The summed E-state index contributed by atoms with van der Waals surface area (Å²) in [7, 11) is 5.64. The number of rotatable bonds is 4. The number of aromatic nitrogens is 2. The van der Waals surface area contributed by atoms with Gasteiger partial charge < -0.3 is 14.8 Å². The van der Waals surface area contributed by atoms with Crippen LogP contribution in [-0.2, 0) is 29.7 Å². The van der Waals surface area contributed by atoms with E-state index in [0.717, 1.165) is 27.7 Å². The van der Waals surface area contributed by atoms with E-state index in [2.05, 4.69) is 20.9 Å². The zero-order valence-electron chi connectivity index (χ0n) is 18.1. The van der Waals surface area contributed by atoms with Gasteiger partial charge in [0.1, 0.15) is 5.82 Å². The van der Waals surface area contributed by atoms with Crippen LogP contribution < -0.4 is 5.32 Å². The van der Waals surface area contributed by atoms with Crippen molar-refractivity contribution in [2.45, 2.75) is 13.1 Å². The number of likely N-dealkylation sites (N-methyl/N-ethyl adjacent to an activating group) is 2. The number of benzene rings is 1. The van der Waals surface area contributed by atoms with Crippen LogP contribution >= 0.6 is 24.0 Å². The predicted octanol–water partition coefficient (Wildman–Crippen LogP) is 3.70. The van der Waals surface area contributed by atoms with E-state index in [1.807, 2.05) is 43.3 Å². The summed E-state index contributed by atoms with van der Waals surface area (Å²) < 4.78 is 2.07. The van der Waals surface area contributed by atoms with Crippen molar-refractivity contribution in [2.24, 2.45) is 7.05 Å². The van der Waals surface area contributed by atoms with Crippen LogP contribution in [0.25, 0.3) is 17.0 Å². The summed E-state index contributed by atoms with van der Waals surface area (Å²) in [5.41, 5.74) is 3.82. The molecule has 0 unspecified atom stereocenters. The Balaban J connectivity index is 0.00000289. The second-order valence-electron chi connectivity index (χ2n) is 7.92. The van der Waals surface area contributed by atoms with Gasteiger partial charge in [0.2, 0.25) is 11.8 Å². The summed E-state index contributed by atoms with van der Waals surface area (Å²) in [6.07, 6.45) is 4.95. The third kappa shape index (κ3) is 5.12. The van der Waals surface area contributed by atoms with Crippen LogP contribution in [0.4, 0.5) is 5.82 Å². The highest BCUT2D eigenvalue weighted by Gasteiger charge is 2.17. The van der Waals surface area contributed by atoms with Gasteiger partial charge in [0.15, 0.2) is 0 Å². The molecule has 1 aliphatic heterocycles. The largest absolute Gasteiger partial charge is 0.346 e. The van der Waals surface area contributed by atoms with Crippen LogP contribution in [0, 0.1) is 0 Å². The minimum atomic E-state index is -0.108. The third-order valence-corrected chi connectivity index (χ3v) is 5.63. The molecule has 2 amide bonds. The van der Waals surface area contributed by atoms with Crippen LogP contribution in [0.1, 0.15) is 16.8 Å². The van der Waals surface area contributed by atoms with Crippen molar-refractivity contribution in [3.63, 3.8) is 0 Å². The molecule has 1 aromatic carbocycles. The number of carbonyl (C=O) groups is 2. The van der Waals surface area contributed by atoms with E-state index < -0.39 is 0 Å². The first kappa shape index (κ1) is 23.8. The summed E-state index contributed by atoms with van der Waals surface area (Å²) >= 11 is 6.09. The lowest BCUT2D eigenvalue weighted by molar-refractivity contribution is -0.125. The number of fused-ring (bicyclic) bond motifs is 2. The first-order chi connectivity index (χ1) is 14.8. The molecule has 0 saturated heterocycles. The van der Waals surface area contributed by atoms with E-state index in [1.54, 1.807) is 30.3 Å². The third-order valence-electron chi connectivity index (χ3n) is 5.40. The summed E-state index contributed by atoms with van der Waals surface area (Å²) in [5, 5.41) is 4.55. The van der Waals surface area contributed by atoms with Crippen molar-refractivity contribution in [1.29, 1.82) is 0 Å². The molecule has 0 saturated carbocycles. The predicted molar refractivity (Wildman–Crippen MR) is 130 cm³/mol. The quantitative estimate of drug-likeness (QED) is 0.586. The van der Waals surface area contributed by atoms with Crippen LogP contribution in [0.2, 0.25) is 5.02 Å². The Morgan fingerprint density at radius 3 is 2.81 bits per heavy atom. The maximum absolute atomic E-state index is 12.7. The van der Waals surface area contributed by atoms with E-state index in [-0.39, 0.29) is 24.2 Å². The summed E-state index contributed by atoms with van der Waals surface area (Å²) in [6, 6.07) is 9.77. The number of halogens is 2. The molecule has 1 aliphatic rings. The summed E-state index contributed by atoms with van der Waals surface area (Å²) in [4.78, 5) is 32.4. The Bertz CT molecular complexity index is 1200. The number of amides is 2. The van der Waals surface area contributed by atoms with Gasteiger partial charge >= 0.3 is 0 Å². The first-order valence-electron chi connectivity index (χ1n) is 9.94. The van der Waals surface area contributed by atoms with Gasteiger partial charge in [-0.1, -0.05) is 11.6 Å². The number of pyridine rings is 1. The van der Waals surface area contributed by atoms with Crippen molar-refractivity contribution in [2.75, 3.05) is 26.0 Å². The van der Waals surface area contributed by atoms with E-state index in [0.29, 0.717) is 30.5 Å². The second kappa shape index (κ2) is 9.73. The van der Waals surface area contributed by atoms with E-state index in [9.17, 15) is 9.59 Å². The van der Waals surface area contributed by atoms with Gasteiger partial charge in [-0.15, -0.1) is 12.4 Å². The molecule has 3 aromatic rings. The maximum atomic E-state index is 12.7. The van der Waals surface area contributed by atoms with Gasteiger partial charge in [-0.3, -0.25) is 14.5 Å². The van der Waals surface area contributed by atoms with Gasteiger partial charge in [0.05, 0.1) is 13.1 Å². The monoisotopic (exact) mass is 473 g/mol. The van der Waals surface area contributed by atoms with Gasteiger partial charge in [0.25, 0.3) is 0 Å². The van der Waals surface area contributed by atoms with E-state index in [1.165, 1.54) is 0 Å². The molecule has 4 rings (SSSR count). The van der Waals surface area contributed by atoms with Gasteiger partial charge in [-0.05, 0) is 49.0 Å². The fourth-order valence-corrected chi connectivity index (χ4v) is 3.94. The lowest BCUT2D eigenvalue weighted by Gasteiger charge is -2.16. The molecule has 3 heterocycles. The first-order valence-corrected chi connectivity index (χ1v) is 10.3. The molecule has 0 spiro atoms. The fraction of sp³-hybridized carbons (Fsp3) is 0.261. The number of nitrogens with zero attached hydrogens (tertiary/aromatic N) is 4. The Labute approximate surface area is 198 Å². The standard InChI is InChI=1S/C23H24ClN5O2.ClH/c1-27-12-17-8-15(11-25-23(17)26-21(30)14-27)4-7-22(31)28(2)13-19-10-16-9-18(24)5-6-20(16)29(19)3;/h4-11H,12-14H2,1-3H3,(H,25,26,30);1H. The highest BCUT2D eigenvalue weighted by Crippen LogP contribution is 2.23. The molecule has 9 heteroatoms. The van der Waals surface area contributed by atoms with Gasteiger partial charge in [-0.25, -0.2) is 4.98 Å². The van der Waals surface area contributed by atoms with E-state index in [4.69, 9.17) is 11.6 Å². The van der Waals surface area contributed by atoms with Crippen molar-refractivity contribution in [3.05, 3.63) is 64.4 Å². The number of hydrogen-bond acceptors (Lipinski definition) is 4. The number of anilines is 1. The van der Waals surface area contributed by atoms with E-state index >= 15 is 0 Å². The number of aryl methyl sites for hydroxylation is 1. The normalized spacial score (nSPS) is 14.1. The van der Waals surface area contributed by atoms with Gasteiger partial charge in [-0.2, -0.15) is 0 Å². The zero-order valence-corrected chi connectivity index (χ0v) is 19.7. The highest BCUT2D eigenvalue weighted by molar-refractivity contribution is 6.31. The SMILES string of the molecule is CN1CC(=O)Nc2ncc(C=CC(=O)N(C)Cc3cc4cc(Cl)ccc4n3C)cc2C1.Cl. The summed E-state index contributed by atoms with van der Waals surface area (Å²) in [5.74, 6) is 0.388. The molecule has 0 fully saturated rings. The molecular formula is C23H25Cl2N5O2. The van der Waals surface area contributed by atoms with Crippen LogP contribution in [0.15, 0.2) is 42.6 Å². The molecule has 0 radical (unpaired) electrons. The minimum absolute atomic E-state index is 0. The Hall–Kier alpha value is -2.87. The van der Waals surface area contributed by atoms with Crippen molar-refractivity contribution < 1.29 is 9.59 Å². The molecule has 0 bridgehead atoms. The van der Waals surface area contributed by atoms with Crippen molar-refractivity contribution in [1.82, 2.24) is 19.4 Å². The topological polar surface area (TPSA) is 70.5 Å². The number of carbonyl (C=O) groups excluding carboxylic acids is 2. The lowest BCUT2D eigenvalue weighted by Crippen LogP contribution is -2.26. The molecule has 168 valence electrons. The summed E-state index contributed by atoms with van der Waals surface area (Å²) in [6.45, 7) is 1.41. The van der Waals surface area contributed by atoms with Gasteiger partial charge in [0, 0.05) is 60.1 Å². The molecule has 1 N–H and O–H groups in total. The molecule has 0 atom stereocenters. The van der Waals surface area contributed by atoms with Crippen LogP contribution in [0.5, 0.6) is 0 Å². The molecule has 0 aliphatic carbocycles. The molecule has 32 heavy (non-hydrogen) atoms.